The molecule has 0 fully saturated rings. The Labute approximate surface area is 153 Å². The third kappa shape index (κ3) is 6.65. The molecule has 0 spiro atoms. The molecule has 2 rings (SSSR count). The number of thiophene rings is 1. The molecule has 0 aliphatic rings. The number of hydrogen-bond donors (Lipinski definition) is 0. The first-order chi connectivity index (χ1) is 8.91. The normalized spacial score (nSPS) is 10.0. The standard InChI is InChI=1S/C11H15.C7H10S.Y/c1-8(2)11-6-5-9(3)7-10(11)4;1-6(2)7-4-3-5-8-7;/h5-6,8H,1-4H3;3-6H,1-2H3;/q-1;;. The maximum atomic E-state index is 3.32. The van der Waals surface area contributed by atoms with Crippen LogP contribution in [0.5, 0.6) is 0 Å². The predicted octanol–water partition coefficient (Wildman–Crippen LogP) is 6.10. The van der Waals surface area contributed by atoms with Gasteiger partial charge in [0.1, 0.15) is 0 Å². The van der Waals surface area contributed by atoms with E-state index in [1.165, 1.54) is 21.6 Å². The Balaban J connectivity index is 0.000000359. The molecule has 1 aromatic heterocycles. The van der Waals surface area contributed by atoms with E-state index in [4.69, 9.17) is 0 Å². The smallest absolute Gasteiger partial charge is 0.00706 e. The van der Waals surface area contributed by atoms with Gasteiger partial charge in [0.25, 0.3) is 0 Å². The molecule has 2 heteroatoms. The minimum atomic E-state index is 0. The zero-order chi connectivity index (χ0) is 14.4. The van der Waals surface area contributed by atoms with Gasteiger partial charge in [-0.2, -0.15) is 34.9 Å². The summed E-state index contributed by atoms with van der Waals surface area (Å²) in [6, 6.07) is 11.9. The minimum absolute atomic E-state index is 0. The first-order valence-electron chi connectivity index (χ1n) is 6.94. The maximum Gasteiger partial charge on any atom is 0.00706 e. The fourth-order valence-electron chi connectivity index (χ4n) is 1.99. The van der Waals surface area contributed by atoms with Crippen molar-refractivity contribution in [2.75, 3.05) is 0 Å². The zero-order valence-corrected chi connectivity index (χ0v) is 17.2. The molecule has 1 aromatic carbocycles. The largest absolute Gasteiger partial charge is 0.177 e. The van der Waals surface area contributed by atoms with E-state index in [2.05, 4.69) is 77.3 Å². The fourth-order valence-corrected chi connectivity index (χ4v) is 2.74. The molecule has 2 aromatic rings. The van der Waals surface area contributed by atoms with Gasteiger partial charge in [-0.1, -0.05) is 53.5 Å². The van der Waals surface area contributed by atoms with Crippen molar-refractivity contribution >= 4 is 11.3 Å². The van der Waals surface area contributed by atoms with Gasteiger partial charge in [-0.05, 0) is 17.4 Å². The van der Waals surface area contributed by atoms with Gasteiger partial charge in [0.15, 0.2) is 0 Å². The summed E-state index contributed by atoms with van der Waals surface area (Å²) in [5.74, 6) is 1.32. The number of rotatable bonds is 2. The van der Waals surface area contributed by atoms with Crippen molar-refractivity contribution in [3.63, 3.8) is 0 Å². The summed E-state index contributed by atoms with van der Waals surface area (Å²) in [5, 5.41) is 2.12. The zero-order valence-electron chi connectivity index (χ0n) is 13.5. The molecular weight excluding hydrogens is 337 g/mol. The summed E-state index contributed by atoms with van der Waals surface area (Å²) in [5.41, 5.74) is 3.93. The Kier molecular flexibility index (Phi) is 9.88. The molecule has 0 unspecified atom stereocenters. The molecule has 0 amide bonds. The van der Waals surface area contributed by atoms with Crippen molar-refractivity contribution in [1.82, 2.24) is 0 Å². The van der Waals surface area contributed by atoms with Crippen LogP contribution < -0.4 is 0 Å². The fraction of sp³-hybridized carbons (Fsp3) is 0.444. The Bertz CT molecular complexity index is 484. The second-order valence-electron chi connectivity index (χ2n) is 5.55. The van der Waals surface area contributed by atoms with Crippen LogP contribution >= 0.6 is 11.3 Å². The summed E-state index contributed by atoms with van der Waals surface area (Å²) in [4.78, 5) is 1.48. The summed E-state index contributed by atoms with van der Waals surface area (Å²) >= 11 is 1.83. The molecule has 107 valence electrons. The van der Waals surface area contributed by atoms with E-state index in [9.17, 15) is 0 Å². The molecule has 0 saturated heterocycles. The second kappa shape index (κ2) is 9.87. The molecule has 0 nitrogen and oxygen atoms in total. The number of benzene rings is 1. The van der Waals surface area contributed by atoms with Gasteiger partial charge in [0, 0.05) is 37.6 Å². The third-order valence-corrected chi connectivity index (χ3v) is 4.24. The van der Waals surface area contributed by atoms with Crippen molar-refractivity contribution in [2.45, 2.75) is 53.4 Å². The van der Waals surface area contributed by atoms with E-state index < -0.39 is 0 Å². The Morgan fingerprint density at radius 2 is 1.60 bits per heavy atom. The van der Waals surface area contributed by atoms with E-state index in [0.717, 1.165) is 0 Å². The molecular formula is C18H25SY-. The Morgan fingerprint density at radius 3 is 1.95 bits per heavy atom. The van der Waals surface area contributed by atoms with Crippen molar-refractivity contribution in [3.8, 4) is 0 Å². The second-order valence-corrected chi connectivity index (χ2v) is 6.53. The van der Waals surface area contributed by atoms with Crippen molar-refractivity contribution in [2.24, 2.45) is 0 Å². The number of aryl methyl sites for hydroxylation is 2. The van der Waals surface area contributed by atoms with Crippen LogP contribution in [0, 0.1) is 19.9 Å². The van der Waals surface area contributed by atoms with E-state index in [1.54, 1.807) is 0 Å². The molecule has 0 N–H and O–H groups in total. The first-order valence-corrected chi connectivity index (χ1v) is 7.82. The van der Waals surface area contributed by atoms with E-state index in [1.807, 2.05) is 11.3 Å². The summed E-state index contributed by atoms with van der Waals surface area (Å²) < 4.78 is 0. The van der Waals surface area contributed by atoms with Crippen LogP contribution in [0.15, 0.2) is 29.6 Å². The SMILES string of the molecule is CC(C)c1cccs1.Cc1[c-]c(C)c(C(C)C)cc1.[Y]. The minimum Gasteiger partial charge on any atom is -0.177 e. The topological polar surface area (TPSA) is 0 Å². The van der Waals surface area contributed by atoms with Gasteiger partial charge < -0.3 is 0 Å². The van der Waals surface area contributed by atoms with Crippen LogP contribution in [0.1, 0.15) is 61.1 Å². The molecule has 20 heavy (non-hydrogen) atoms. The molecule has 1 heterocycles. The summed E-state index contributed by atoms with van der Waals surface area (Å²) in [6.07, 6.45) is 0. The van der Waals surface area contributed by atoms with Crippen LogP contribution in [0.2, 0.25) is 0 Å². The van der Waals surface area contributed by atoms with E-state index >= 15 is 0 Å². The molecule has 0 bridgehead atoms. The van der Waals surface area contributed by atoms with Crippen LogP contribution in [-0.2, 0) is 32.7 Å². The molecule has 0 atom stereocenters. The molecule has 1 radical (unpaired) electrons. The number of hydrogen-bond acceptors (Lipinski definition) is 1. The van der Waals surface area contributed by atoms with Crippen LogP contribution in [-0.4, -0.2) is 0 Å². The monoisotopic (exact) mass is 362 g/mol. The predicted molar refractivity (Wildman–Crippen MR) is 87.2 cm³/mol. The Morgan fingerprint density at radius 1 is 0.950 bits per heavy atom. The summed E-state index contributed by atoms with van der Waals surface area (Å²) in [7, 11) is 0. The third-order valence-electron chi connectivity index (χ3n) is 3.06. The van der Waals surface area contributed by atoms with Crippen molar-refractivity contribution < 1.29 is 32.7 Å². The van der Waals surface area contributed by atoms with Crippen molar-refractivity contribution in [1.29, 1.82) is 0 Å². The van der Waals surface area contributed by atoms with E-state index in [-0.39, 0.29) is 32.7 Å². The average Bonchev–Trinajstić information content (AvgIpc) is 2.82. The van der Waals surface area contributed by atoms with Crippen LogP contribution in [0.25, 0.3) is 0 Å². The Hall–Kier alpha value is 0.0239. The van der Waals surface area contributed by atoms with Crippen LogP contribution in [0.3, 0.4) is 0 Å². The van der Waals surface area contributed by atoms with Gasteiger partial charge >= 0.3 is 0 Å². The molecule has 0 aliphatic carbocycles. The molecule has 0 aliphatic heterocycles. The van der Waals surface area contributed by atoms with Crippen molar-refractivity contribution in [3.05, 3.63) is 57.3 Å². The van der Waals surface area contributed by atoms with Gasteiger partial charge in [0.2, 0.25) is 0 Å². The van der Waals surface area contributed by atoms with Gasteiger partial charge in [0.05, 0.1) is 0 Å². The maximum absolute atomic E-state index is 3.32. The van der Waals surface area contributed by atoms with Crippen LogP contribution in [0.4, 0.5) is 0 Å². The van der Waals surface area contributed by atoms with Gasteiger partial charge in [-0.15, -0.1) is 11.3 Å². The first kappa shape index (κ1) is 20.0. The quantitative estimate of drug-likeness (QED) is 0.567. The van der Waals surface area contributed by atoms with E-state index in [0.29, 0.717) is 11.8 Å². The van der Waals surface area contributed by atoms with Gasteiger partial charge in [-0.3, -0.25) is 0 Å². The average molecular weight is 362 g/mol. The summed E-state index contributed by atoms with van der Waals surface area (Å²) in [6.45, 7) is 13.1. The van der Waals surface area contributed by atoms with Gasteiger partial charge in [-0.25, -0.2) is 0 Å². The molecule has 0 saturated carbocycles.